The van der Waals surface area contributed by atoms with E-state index in [2.05, 4.69) is 34.4 Å². The van der Waals surface area contributed by atoms with Gasteiger partial charge in [-0.15, -0.1) is 24.0 Å². The van der Waals surface area contributed by atoms with Crippen LogP contribution in [0.15, 0.2) is 4.99 Å². The molecule has 178 valence electrons. The smallest absolute Gasteiger partial charge is 0.379 e. The number of guanidine groups is 1. The molecule has 0 aromatic rings. The van der Waals surface area contributed by atoms with Gasteiger partial charge in [0.2, 0.25) is 0 Å². The van der Waals surface area contributed by atoms with Crippen LogP contribution in [0.4, 0.5) is 13.2 Å². The van der Waals surface area contributed by atoms with Gasteiger partial charge < -0.3 is 15.4 Å². The minimum atomic E-state index is -5.26. The minimum Gasteiger partial charge on any atom is -0.379 e. The van der Waals surface area contributed by atoms with E-state index in [4.69, 9.17) is 4.74 Å². The molecule has 8 nitrogen and oxygen atoms in total. The molecule has 1 atom stereocenters. The molecular formula is C17H33F3IN5O3S. The van der Waals surface area contributed by atoms with Crippen LogP contribution in [0.2, 0.25) is 0 Å². The van der Waals surface area contributed by atoms with E-state index in [-0.39, 0.29) is 55.9 Å². The quantitative estimate of drug-likeness (QED) is 0.285. The number of morpholine rings is 1. The highest BCUT2D eigenvalue weighted by atomic mass is 127. The number of hydrogen-bond acceptors (Lipinski definition) is 5. The first-order valence-corrected chi connectivity index (χ1v) is 11.4. The SMILES string of the molecule is CN=C(NCC(C(C)C)N1CCOCC1)NC1CCN(S(=O)(=O)C(F)(F)F)CC1.I. The number of nitrogens with zero attached hydrogens (tertiary/aromatic N) is 3. The molecule has 2 saturated heterocycles. The van der Waals surface area contributed by atoms with Crippen molar-refractivity contribution in [2.24, 2.45) is 10.9 Å². The molecule has 2 aliphatic heterocycles. The van der Waals surface area contributed by atoms with Crippen molar-refractivity contribution in [3.8, 4) is 0 Å². The largest absolute Gasteiger partial charge is 0.511 e. The molecule has 30 heavy (non-hydrogen) atoms. The molecular weight excluding hydrogens is 538 g/mol. The Morgan fingerprint density at radius 2 is 1.73 bits per heavy atom. The van der Waals surface area contributed by atoms with Crippen molar-refractivity contribution in [3.05, 3.63) is 0 Å². The third-order valence-corrected chi connectivity index (χ3v) is 7.04. The molecule has 2 fully saturated rings. The lowest BCUT2D eigenvalue weighted by Crippen LogP contribution is -2.55. The summed E-state index contributed by atoms with van der Waals surface area (Å²) in [5.74, 6) is 0.996. The van der Waals surface area contributed by atoms with Gasteiger partial charge in [0.1, 0.15) is 0 Å². The first-order chi connectivity index (χ1) is 13.6. The van der Waals surface area contributed by atoms with E-state index in [9.17, 15) is 21.6 Å². The monoisotopic (exact) mass is 571 g/mol. The minimum absolute atomic E-state index is 0. The fourth-order valence-corrected chi connectivity index (χ4v) is 4.66. The first kappa shape index (κ1) is 27.7. The van der Waals surface area contributed by atoms with Crippen LogP contribution < -0.4 is 10.6 Å². The summed E-state index contributed by atoms with van der Waals surface area (Å²) >= 11 is 0. The Morgan fingerprint density at radius 1 is 1.17 bits per heavy atom. The highest BCUT2D eigenvalue weighted by molar-refractivity contribution is 14.0. The van der Waals surface area contributed by atoms with Gasteiger partial charge in [-0.2, -0.15) is 17.5 Å². The Hall–Kier alpha value is -0.380. The maximum Gasteiger partial charge on any atom is 0.511 e. The highest BCUT2D eigenvalue weighted by Crippen LogP contribution is 2.28. The van der Waals surface area contributed by atoms with E-state index in [0.29, 0.717) is 28.8 Å². The van der Waals surface area contributed by atoms with Crippen molar-refractivity contribution >= 4 is 40.0 Å². The van der Waals surface area contributed by atoms with Crippen molar-refractivity contribution in [3.63, 3.8) is 0 Å². The molecule has 0 aromatic heterocycles. The zero-order chi connectivity index (χ0) is 21.7. The van der Waals surface area contributed by atoms with Gasteiger partial charge in [0.25, 0.3) is 0 Å². The summed E-state index contributed by atoms with van der Waals surface area (Å²) in [6.07, 6.45) is 0.570. The molecule has 0 spiro atoms. The molecule has 0 aliphatic carbocycles. The van der Waals surface area contributed by atoms with Crippen LogP contribution in [0.25, 0.3) is 0 Å². The molecule has 1 unspecified atom stereocenters. The summed E-state index contributed by atoms with van der Waals surface area (Å²) in [4.78, 5) is 6.59. The number of halogens is 4. The third-order valence-electron chi connectivity index (χ3n) is 5.41. The summed E-state index contributed by atoms with van der Waals surface area (Å²) < 4.78 is 67.0. The van der Waals surface area contributed by atoms with Crippen molar-refractivity contribution < 1.29 is 26.3 Å². The predicted octanol–water partition coefficient (Wildman–Crippen LogP) is 1.44. The second kappa shape index (κ2) is 12.0. The van der Waals surface area contributed by atoms with Crippen molar-refractivity contribution in [2.75, 3.05) is 53.0 Å². The van der Waals surface area contributed by atoms with Gasteiger partial charge in [-0.3, -0.25) is 9.89 Å². The third kappa shape index (κ3) is 7.35. The Morgan fingerprint density at radius 3 is 2.20 bits per heavy atom. The van der Waals surface area contributed by atoms with Crippen LogP contribution in [0.1, 0.15) is 26.7 Å². The number of aliphatic imine (C=N–C) groups is 1. The normalized spacial score (nSPS) is 21.9. The first-order valence-electron chi connectivity index (χ1n) is 9.91. The molecule has 2 N–H and O–H groups in total. The molecule has 0 amide bonds. The van der Waals surface area contributed by atoms with Gasteiger partial charge in [-0.05, 0) is 18.8 Å². The topological polar surface area (TPSA) is 86.3 Å². The molecule has 0 radical (unpaired) electrons. The number of hydrogen-bond donors (Lipinski definition) is 2. The lowest BCUT2D eigenvalue weighted by molar-refractivity contribution is -0.0494. The van der Waals surface area contributed by atoms with E-state index in [0.717, 1.165) is 26.3 Å². The van der Waals surface area contributed by atoms with Crippen LogP contribution in [-0.2, 0) is 14.8 Å². The van der Waals surface area contributed by atoms with Gasteiger partial charge in [0.15, 0.2) is 5.96 Å². The molecule has 2 heterocycles. The zero-order valence-corrected chi connectivity index (χ0v) is 20.8. The Kier molecular flexibility index (Phi) is 11.1. The van der Waals surface area contributed by atoms with Crippen molar-refractivity contribution in [1.29, 1.82) is 0 Å². The molecule has 0 bridgehead atoms. The second-order valence-electron chi connectivity index (χ2n) is 7.68. The molecule has 0 saturated carbocycles. The number of alkyl halides is 3. The number of piperidine rings is 1. The van der Waals surface area contributed by atoms with Crippen molar-refractivity contribution in [1.82, 2.24) is 19.8 Å². The fourth-order valence-electron chi connectivity index (χ4n) is 3.67. The summed E-state index contributed by atoms with van der Waals surface area (Å²) in [6.45, 7) is 7.86. The maximum atomic E-state index is 12.7. The lowest BCUT2D eigenvalue weighted by atomic mass is 10.0. The van der Waals surface area contributed by atoms with E-state index in [1.54, 1.807) is 7.05 Å². The Balaban J connectivity index is 0.00000450. The zero-order valence-electron chi connectivity index (χ0n) is 17.6. The van der Waals surface area contributed by atoms with Crippen molar-refractivity contribution in [2.45, 2.75) is 44.3 Å². The van der Waals surface area contributed by atoms with Gasteiger partial charge in [0.05, 0.1) is 13.2 Å². The van der Waals surface area contributed by atoms with Crippen LogP contribution >= 0.6 is 24.0 Å². The van der Waals surface area contributed by atoms with E-state index >= 15 is 0 Å². The van der Waals surface area contributed by atoms with E-state index in [1.807, 2.05) is 0 Å². The molecule has 2 aliphatic rings. The maximum absolute atomic E-state index is 12.7. The van der Waals surface area contributed by atoms with E-state index in [1.165, 1.54) is 0 Å². The Labute approximate surface area is 194 Å². The standard InChI is InChI=1S/C17H32F3N5O3S.HI/c1-13(2)15(24-8-10-28-11-9-24)12-22-16(21-3)23-14-4-6-25(7-5-14)29(26,27)17(18,19)20;/h13-15H,4-12H2,1-3H3,(H2,21,22,23);1H. The fraction of sp³-hybridized carbons (Fsp3) is 0.941. The van der Waals surface area contributed by atoms with Crippen LogP contribution in [0.5, 0.6) is 0 Å². The summed E-state index contributed by atoms with van der Waals surface area (Å²) in [5.41, 5.74) is -5.25. The van der Waals surface area contributed by atoms with Gasteiger partial charge in [0, 0.05) is 51.9 Å². The number of nitrogens with one attached hydrogen (secondary N) is 2. The molecule has 13 heteroatoms. The van der Waals surface area contributed by atoms with Gasteiger partial charge in [-0.25, -0.2) is 8.42 Å². The average Bonchev–Trinajstić information content (AvgIpc) is 2.67. The van der Waals surface area contributed by atoms with Crippen LogP contribution in [-0.4, -0.2) is 94.2 Å². The summed E-state index contributed by atoms with van der Waals surface area (Å²) in [5, 5.41) is 6.51. The Bertz CT molecular complexity index is 650. The average molecular weight is 571 g/mol. The van der Waals surface area contributed by atoms with Gasteiger partial charge in [-0.1, -0.05) is 13.8 Å². The number of ether oxygens (including phenoxy) is 1. The van der Waals surface area contributed by atoms with Gasteiger partial charge >= 0.3 is 15.5 Å². The molecule has 0 aromatic carbocycles. The van der Waals surface area contributed by atoms with Crippen LogP contribution in [0.3, 0.4) is 0 Å². The number of sulfonamides is 1. The second-order valence-corrected chi connectivity index (χ2v) is 9.61. The lowest BCUT2D eigenvalue weighted by Gasteiger charge is -2.37. The summed E-state index contributed by atoms with van der Waals surface area (Å²) in [6, 6.07) is 0.165. The van der Waals surface area contributed by atoms with E-state index < -0.39 is 15.5 Å². The van der Waals surface area contributed by atoms with Crippen LogP contribution in [0, 0.1) is 5.92 Å². The summed E-state index contributed by atoms with van der Waals surface area (Å²) in [7, 11) is -3.62. The predicted molar refractivity (Wildman–Crippen MR) is 121 cm³/mol. The number of rotatable bonds is 6. The highest BCUT2D eigenvalue weighted by Gasteiger charge is 2.50. The molecule has 2 rings (SSSR count).